The number of amides is 1. The smallest absolute Gasteiger partial charge is 0.303 e. The SMILES string of the molecule is COc1cccc(F)c1C(=O)N1CCCn2nc(CCC(=O)O)cc2C1. The van der Waals surface area contributed by atoms with Gasteiger partial charge in [-0.15, -0.1) is 0 Å². The van der Waals surface area contributed by atoms with E-state index in [1.807, 2.05) is 6.07 Å². The summed E-state index contributed by atoms with van der Waals surface area (Å²) in [6, 6.07) is 6.11. The Balaban J connectivity index is 1.83. The molecular weight excluding hydrogens is 341 g/mol. The van der Waals surface area contributed by atoms with Gasteiger partial charge >= 0.3 is 5.97 Å². The average molecular weight is 361 g/mol. The monoisotopic (exact) mass is 361 g/mol. The zero-order chi connectivity index (χ0) is 18.7. The lowest BCUT2D eigenvalue weighted by Gasteiger charge is -2.21. The van der Waals surface area contributed by atoms with E-state index in [1.165, 1.54) is 19.2 Å². The molecule has 0 radical (unpaired) electrons. The van der Waals surface area contributed by atoms with Crippen LogP contribution in [0.1, 0.15) is 34.6 Å². The van der Waals surface area contributed by atoms with Gasteiger partial charge in [0.05, 0.1) is 31.5 Å². The van der Waals surface area contributed by atoms with Crippen molar-refractivity contribution in [2.45, 2.75) is 32.4 Å². The minimum Gasteiger partial charge on any atom is -0.496 e. The fourth-order valence-corrected chi connectivity index (χ4v) is 3.09. The van der Waals surface area contributed by atoms with Crippen LogP contribution in [0.4, 0.5) is 4.39 Å². The number of aromatic nitrogens is 2. The molecule has 1 aromatic carbocycles. The first-order chi connectivity index (χ1) is 12.5. The van der Waals surface area contributed by atoms with Gasteiger partial charge in [0.25, 0.3) is 5.91 Å². The van der Waals surface area contributed by atoms with Gasteiger partial charge in [-0.2, -0.15) is 5.10 Å². The molecule has 0 atom stereocenters. The molecule has 1 aliphatic rings. The third-order valence-corrected chi connectivity index (χ3v) is 4.36. The summed E-state index contributed by atoms with van der Waals surface area (Å²) in [5.74, 6) is -1.72. The number of aliphatic carboxylic acids is 1. The van der Waals surface area contributed by atoms with E-state index in [9.17, 15) is 14.0 Å². The molecule has 0 bridgehead atoms. The second kappa shape index (κ2) is 7.55. The number of hydrogen-bond acceptors (Lipinski definition) is 4. The predicted molar refractivity (Wildman–Crippen MR) is 90.5 cm³/mol. The van der Waals surface area contributed by atoms with Crippen molar-refractivity contribution in [2.24, 2.45) is 0 Å². The van der Waals surface area contributed by atoms with Crippen LogP contribution in [-0.4, -0.2) is 45.3 Å². The van der Waals surface area contributed by atoms with Crippen molar-refractivity contribution >= 4 is 11.9 Å². The third kappa shape index (κ3) is 3.68. The molecule has 2 heterocycles. The number of rotatable bonds is 5. The lowest BCUT2D eigenvalue weighted by atomic mass is 10.1. The van der Waals surface area contributed by atoms with Crippen molar-refractivity contribution in [1.29, 1.82) is 0 Å². The Morgan fingerprint density at radius 1 is 1.35 bits per heavy atom. The molecule has 0 aliphatic carbocycles. The topological polar surface area (TPSA) is 84.7 Å². The van der Waals surface area contributed by atoms with Crippen molar-refractivity contribution in [2.75, 3.05) is 13.7 Å². The molecule has 0 fully saturated rings. The maximum atomic E-state index is 14.2. The van der Waals surface area contributed by atoms with Crippen LogP contribution in [0.25, 0.3) is 0 Å². The van der Waals surface area contributed by atoms with E-state index < -0.39 is 17.7 Å². The van der Waals surface area contributed by atoms with Gasteiger partial charge in [-0.05, 0) is 24.6 Å². The number of carbonyl (C=O) groups is 2. The summed E-state index contributed by atoms with van der Waals surface area (Å²) in [7, 11) is 1.40. The van der Waals surface area contributed by atoms with Gasteiger partial charge in [0.15, 0.2) is 0 Å². The van der Waals surface area contributed by atoms with E-state index in [0.29, 0.717) is 31.6 Å². The van der Waals surface area contributed by atoms with Crippen LogP contribution in [0.15, 0.2) is 24.3 Å². The summed E-state index contributed by atoms with van der Waals surface area (Å²) in [6.07, 6.45) is 1.02. The molecule has 138 valence electrons. The molecule has 26 heavy (non-hydrogen) atoms. The molecule has 0 saturated carbocycles. The number of aryl methyl sites for hydroxylation is 2. The van der Waals surface area contributed by atoms with Gasteiger partial charge < -0.3 is 14.7 Å². The zero-order valence-corrected chi connectivity index (χ0v) is 14.4. The average Bonchev–Trinajstić information content (AvgIpc) is 2.89. The minimum absolute atomic E-state index is 0.00548. The third-order valence-electron chi connectivity index (χ3n) is 4.36. The highest BCUT2D eigenvalue weighted by molar-refractivity contribution is 5.97. The lowest BCUT2D eigenvalue weighted by Crippen LogP contribution is -2.31. The summed E-state index contributed by atoms with van der Waals surface area (Å²) in [6.45, 7) is 1.39. The molecule has 3 rings (SSSR count). The highest BCUT2D eigenvalue weighted by atomic mass is 19.1. The number of carbonyl (C=O) groups excluding carboxylic acids is 1. The van der Waals surface area contributed by atoms with Crippen LogP contribution in [0, 0.1) is 5.82 Å². The van der Waals surface area contributed by atoms with Crippen molar-refractivity contribution < 1.29 is 23.8 Å². The van der Waals surface area contributed by atoms with Gasteiger partial charge in [-0.3, -0.25) is 14.3 Å². The van der Waals surface area contributed by atoms with Crippen LogP contribution >= 0.6 is 0 Å². The largest absolute Gasteiger partial charge is 0.496 e. The normalized spacial score (nSPS) is 13.8. The van der Waals surface area contributed by atoms with Gasteiger partial charge in [-0.1, -0.05) is 6.07 Å². The maximum absolute atomic E-state index is 14.2. The van der Waals surface area contributed by atoms with Gasteiger partial charge in [0, 0.05) is 19.5 Å². The summed E-state index contributed by atoms with van der Waals surface area (Å²) < 4.78 is 21.2. The Morgan fingerprint density at radius 2 is 2.15 bits per heavy atom. The van der Waals surface area contributed by atoms with E-state index in [2.05, 4.69) is 5.10 Å². The second-order valence-electron chi connectivity index (χ2n) is 6.14. The Labute approximate surface area is 150 Å². The van der Waals surface area contributed by atoms with E-state index in [-0.39, 0.29) is 24.3 Å². The van der Waals surface area contributed by atoms with Gasteiger partial charge in [0.1, 0.15) is 17.1 Å². The van der Waals surface area contributed by atoms with Crippen LogP contribution in [0.5, 0.6) is 5.75 Å². The molecular formula is C18H20FN3O4. The number of halogens is 1. The van der Waals surface area contributed by atoms with Crippen LogP contribution < -0.4 is 4.74 Å². The second-order valence-corrected chi connectivity index (χ2v) is 6.14. The number of carboxylic acid groups (broad SMARTS) is 1. The molecule has 1 aliphatic heterocycles. The van der Waals surface area contributed by atoms with E-state index in [1.54, 1.807) is 15.6 Å². The van der Waals surface area contributed by atoms with Crippen LogP contribution in [0.2, 0.25) is 0 Å². The van der Waals surface area contributed by atoms with Crippen molar-refractivity contribution in [3.8, 4) is 5.75 Å². The molecule has 8 heteroatoms. The number of benzene rings is 1. The first-order valence-electron chi connectivity index (χ1n) is 8.38. The standard InChI is InChI=1S/C18H20FN3O4/c1-26-15-5-2-4-14(19)17(15)18(25)21-8-3-9-22-13(11-21)10-12(20-22)6-7-16(23)24/h2,4-5,10H,3,6-9,11H2,1H3,(H,23,24). The molecule has 0 spiro atoms. The first kappa shape index (κ1) is 17.9. The molecule has 0 saturated heterocycles. The van der Waals surface area contributed by atoms with E-state index >= 15 is 0 Å². The van der Waals surface area contributed by atoms with Crippen molar-refractivity contribution in [3.63, 3.8) is 0 Å². The van der Waals surface area contributed by atoms with Crippen LogP contribution in [0.3, 0.4) is 0 Å². The summed E-state index contributed by atoms with van der Waals surface area (Å²) >= 11 is 0. The fraction of sp³-hybridized carbons (Fsp3) is 0.389. The fourth-order valence-electron chi connectivity index (χ4n) is 3.09. The molecule has 0 unspecified atom stereocenters. The Hall–Kier alpha value is -2.90. The highest BCUT2D eigenvalue weighted by Gasteiger charge is 2.26. The van der Waals surface area contributed by atoms with E-state index in [0.717, 1.165) is 5.69 Å². The maximum Gasteiger partial charge on any atom is 0.303 e. The number of carboxylic acids is 1. The number of nitrogens with zero attached hydrogens (tertiary/aromatic N) is 3. The zero-order valence-electron chi connectivity index (χ0n) is 14.4. The number of ether oxygens (including phenoxy) is 1. The predicted octanol–water partition coefficient (Wildman–Crippen LogP) is 2.09. The number of methoxy groups -OCH3 is 1. The summed E-state index contributed by atoms with van der Waals surface area (Å²) in [5, 5.41) is 13.2. The number of fused-ring (bicyclic) bond motifs is 1. The van der Waals surface area contributed by atoms with Crippen LogP contribution in [-0.2, 0) is 24.3 Å². The lowest BCUT2D eigenvalue weighted by molar-refractivity contribution is -0.136. The molecule has 1 aromatic heterocycles. The van der Waals surface area contributed by atoms with Gasteiger partial charge in [0.2, 0.25) is 0 Å². The number of hydrogen-bond donors (Lipinski definition) is 1. The quantitative estimate of drug-likeness (QED) is 0.882. The van der Waals surface area contributed by atoms with E-state index in [4.69, 9.17) is 9.84 Å². The molecule has 2 aromatic rings. The minimum atomic E-state index is -0.878. The van der Waals surface area contributed by atoms with Gasteiger partial charge in [-0.25, -0.2) is 4.39 Å². The Morgan fingerprint density at radius 3 is 2.88 bits per heavy atom. The highest BCUT2D eigenvalue weighted by Crippen LogP contribution is 2.25. The first-order valence-corrected chi connectivity index (χ1v) is 8.38. The molecule has 1 amide bonds. The molecule has 7 nitrogen and oxygen atoms in total. The van der Waals surface area contributed by atoms with Crippen molar-refractivity contribution in [1.82, 2.24) is 14.7 Å². The Kier molecular flexibility index (Phi) is 5.20. The summed E-state index contributed by atoms with van der Waals surface area (Å²) in [4.78, 5) is 25.2. The Bertz CT molecular complexity index is 834. The molecule has 1 N–H and O–H groups in total. The summed E-state index contributed by atoms with van der Waals surface area (Å²) in [5.41, 5.74) is 1.42. The van der Waals surface area contributed by atoms with Crippen molar-refractivity contribution in [3.05, 3.63) is 47.0 Å².